The van der Waals surface area contributed by atoms with Crippen LogP contribution < -0.4 is 0 Å². The van der Waals surface area contributed by atoms with Gasteiger partial charge in [0.15, 0.2) is 0 Å². The summed E-state index contributed by atoms with van der Waals surface area (Å²) in [5, 5.41) is 21.8. The minimum Gasteiger partial charge on any atom is -0.506 e. The second-order valence-corrected chi connectivity index (χ2v) is 6.99. The molecule has 0 saturated heterocycles. The van der Waals surface area contributed by atoms with Gasteiger partial charge < -0.3 is 5.11 Å². The Kier molecular flexibility index (Phi) is 4.55. The fourth-order valence-corrected chi connectivity index (χ4v) is 3.08. The van der Waals surface area contributed by atoms with E-state index >= 15 is 0 Å². The molecule has 1 aromatic carbocycles. The average molecular weight is 337 g/mol. The van der Waals surface area contributed by atoms with Gasteiger partial charge in [-0.1, -0.05) is 38.4 Å². The summed E-state index contributed by atoms with van der Waals surface area (Å²) in [7, 11) is 0. The number of aliphatic hydroxyl groups is 1. The molecular weight excluding hydrogens is 323 g/mol. The minimum atomic E-state index is -0.689. The highest BCUT2D eigenvalue weighted by molar-refractivity contribution is 7.11. The van der Waals surface area contributed by atoms with Crippen LogP contribution in [0.5, 0.6) is 0 Å². The van der Waals surface area contributed by atoms with Crippen molar-refractivity contribution in [1.82, 2.24) is 4.98 Å². The van der Waals surface area contributed by atoms with Crippen LogP contribution in [0.2, 0.25) is 5.02 Å². The lowest BCUT2D eigenvalue weighted by atomic mass is 9.93. The fourth-order valence-electron chi connectivity index (χ4n) is 1.78. The number of aliphatic hydroxyl groups excluding tert-OH is 1. The van der Waals surface area contributed by atoms with Gasteiger partial charge in [0.05, 0.1) is 16.3 Å². The van der Waals surface area contributed by atoms with Crippen molar-refractivity contribution in [1.29, 1.82) is 5.26 Å². The molecule has 0 radical (unpaired) electrons. The maximum Gasteiger partial charge on any atom is 0.148 e. The third-order valence-electron chi connectivity index (χ3n) is 3.03. The summed E-state index contributed by atoms with van der Waals surface area (Å²) in [4.78, 5) is 4.37. The van der Waals surface area contributed by atoms with Crippen LogP contribution in [-0.4, -0.2) is 10.1 Å². The number of nitriles is 1. The molecule has 6 heteroatoms. The van der Waals surface area contributed by atoms with Crippen LogP contribution in [0.4, 0.5) is 4.39 Å². The van der Waals surface area contributed by atoms with E-state index in [4.69, 9.17) is 11.6 Å². The highest BCUT2D eigenvalue weighted by atomic mass is 35.5. The van der Waals surface area contributed by atoms with E-state index < -0.39 is 11.6 Å². The molecule has 114 valence electrons. The number of hydrogen-bond donors (Lipinski definition) is 1. The van der Waals surface area contributed by atoms with Crippen molar-refractivity contribution < 1.29 is 9.50 Å². The molecule has 0 aliphatic carbocycles. The summed E-state index contributed by atoms with van der Waals surface area (Å²) < 4.78 is 13.9. The van der Waals surface area contributed by atoms with Crippen LogP contribution in [0, 0.1) is 17.1 Å². The van der Waals surface area contributed by atoms with Gasteiger partial charge in [-0.2, -0.15) is 5.26 Å². The SMILES string of the molecule is CC(C)(C)c1csc(C(C#N)=C(O)c2c(F)cccc2Cl)n1. The summed E-state index contributed by atoms with van der Waals surface area (Å²) in [5.41, 5.74) is 0.342. The predicted octanol–water partition coefficient (Wildman–Crippen LogP) is 5.18. The Labute approximate surface area is 137 Å². The maximum atomic E-state index is 13.9. The number of benzene rings is 1. The molecule has 0 amide bonds. The first-order chi connectivity index (χ1) is 10.3. The number of hydrogen-bond acceptors (Lipinski definition) is 4. The molecule has 0 unspecified atom stereocenters. The fraction of sp³-hybridized carbons (Fsp3) is 0.250. The van der Waals surface area contributed by atoms with E-state index in [-0.39, 0.29) is 21.6 Å². The van der Waals surface area contributed by atoms with Crippen LogP contribution in [-0.2, 0) is 5.41 Å². The molecule has 0 saturated carbocycles. The van der Waals surface area contributed by atoms with Crippen LogP contribution in [0.1, 0.15) is 37.0 Å². The van der Waals surface area contributed by atoms with Crippen molar-refractivity contribution in [2.45, 2.75) is 26.2 Å². The van der Waals surface area contributed by atoms with E-state index in [1.165, 1.54) is 29.5 Å². The largest absolute Gasteiger partial charge is 0.506 e. The number of rotatable bonds is 2. The van der Waals surface area contributed by atoms with Crippen LogP contribution in [0.3, 0.4) is 0 Å². The predicted molar refractivity (Wildman–Crippen MR) is 87.3 cm³/mol. The topological polar surface area (TPSA) is 56.9 Å². The van der Waals surface area contributed by atoms with Crippen LogP contribution in [0.15, 0.2) is 23.6 Å². The van der Waals surface area contributed by atoms with E-state index in [9.17, 15) is 14.8 Å². The Morgan fingerprint density at radius 1 is 1.41 bits per heavy atom. The Bertz CT molecular complexity index is 764. The smallest absolute Gasteiger partial charge is 0.148 e. The monoisotopic (exact) mass is 336 g/mol. The van der Waals surface area contributed by atoms with Crippen molar-refractivity contribution >= 4 is 34.3 Å². The van der Waals surface area contributed by atoms with Gasteiger partial charge >= 0.3 is 0 Å². The Morgan fingerprint density at radius 2 is 2.09 bits per heavy atom. The van der Waals surface area contributed by atoms with Gasteiger partial charge in [0.25, 0.3) is 0 Å². The molecule has 0 fully saturated rings. The molecular formula is C16H14ClFN2OS. The summed E-state index contributed by atoms with van der Waals surface area (Å²) >= 11 is 7.16. The summed E-state index contributed by atoms with van der Waals surface area (Å²) in [6.45, 7) is 5.99. The van der Waals surface area contributed by atoms with E-state index in [1.54, 1.807) is 0 Å². The second-order valence-electron chi connectivity index (χ2n) is 5.72. The average Bonchev–Trinajstić information content (AvgIpc) is 2.89. The third kappa shape index (κ3) is 3.13. The molecule has 0 bridgehead atoms. The second kappa shape index (κ2) is 6.07. The number of halogens is 2. The number of thiazole rings is 1. The van der Waals surface area contributed by atoms with Gasteiger partial charge in [-0.25, -0.2) is 9.37 Å². The third-order valence-corrected chi connectivity index (χ3v) is 4.21. The molecule has 0 aliphatic rings. The quantitative estimate of drug-likeness (QED) is 0.607. The van der Waals surface area contributed by atoms with Crippen molar-refractivity contribution in [3.63, 3.8) is 0 Å². The van der Waals surface area contributed by atoms with E-state index in [1.807, 2.05) is 32.2 Å². The summed E-state index contributed by atoms with van der Waals surface area (Å²) in [6, 6.07) is 5.95. The molecule has 1 aromatic heterocycles. The molecule has 1 heterocycles. The van der Waals surface area contributed by atoms with Gasteiger partial charge in [-0.15, -0.1) is 11.3 Å². The van der Waals surface area contributed by atoms with Gasteiger partial charge in [0.1, 0.15) is 28.2 Å². The highest BCUT2D eigenvalue weighted by Gasteiger charge is 2.22. The summed E-state index contributed by atoms with van der Waals surface area (Å²) in [5.74, 6) is -1.19. The Hall–Kier alpha value is -1.90. The van der Waals surface area contributed by atoms with Gasteiger partial charge in [-0.05, 0) is 12.1 Å². The Morgan fingerprint density at radius 3 is 2.59 bits per heavy atom. The first kappa shape index (κ1) is 16.5. The van der Waals surface area contributed by atoms with Crippen molar-refractivity contribution in [3.05, 3.63) is 50.7 Å². The summed E-state index contributed by atoms with van der Waals surface area (Å²) in [6.07, 6.45) is 0. The van der Waals surface area contributed by atoms with Crippen molar-refractivity contribution in [3.8, 4) is 6.07 Å². The number of nitrogens with zero attached hydrogens (tertiary/aromatic N) is 2. The van der Waals surface area contributed by atoms with Crippen molar-refractivity contribution in [2.75, 3.05) is 0 Å². The molecule has 2 rings (SSSR count). The van der Waals surface area contributed by atoms with Gasteiger partial charge in [-0.3, -0.25) is 0 Å². The maximum absolute atomic E-state index is 13.9. The molecule has 2 aromatic rings. The normalized spacial score (nSPS) is 12.7. The molecule has 0 aliphatic heterocycles. The van der Waals surface area contributed by atoms with E-state index in [2.05, 4.69) is 4.98 Å². The first-order valence-corrected chi connectivity index (χ1v) is 7.75. The zero-order chi connectivity index (χ0) is 16.5. The zero-order valence-electron chi connectivity index (χ0n) is 12.3. The molecule has 1 N–H and O–H groups in total. The minimum absolute atomic E-state index is 0.0397. The molecule has 3 nitrogen and oxygen atoms in total. The van der Waals surface area contributed by atoms with E-state index in [0.29, 0.717) is 5.01 Å². The Balaban J connectivity index is 2.60. The molecule has 22 heavy (non-hydrogen) atoms. The number of allylic oxidation sites excluding steroid dienone is 1. The number of aromatic nitrogens is 1. The van der Waals surface area contributed by atoms with Gasteiger partial charge in [0, 0.05) is 10.8 Å². The standard InChI is InChI=1S/C16H14ClFN2OS/c1-16(2,3)12-8-22-15(20-12)9(7-19)14(21)13-10(17)5-4-6-11(13)18/h4-6,8,21H,1-3H3. The van der Waals surface area contributed by atoms with Crippen LogP contribution in [0.25, 0.3) is 11.3 Å². The molecule has 0 atom stereocenters. The lowest BCUT2D eigenvalue weighted by molar-refractivity contribution is 0.504. The van der Waals surface area contributed by atoms with Crippen LogP contribution >= 0.6 is 22.9 Å². The molecule has 0 spiro atoms. The lowest BCUT2D eigenvalue weighted by Crippen LogP contribution is -2.11. The van der Waals surface area contributed by atoms with Gasteiger partial charge in [0.2, 0.25) is 0 Å². The van der Waals surface area contributed by atoms with Crippen molar-refractivity contribution in [2.24, 2.45) is 0 Å². The lowest BCUT2D eigenvalue weighted by Gasteiger charge is -2.14. The highest BCUT2D eigenvalue weighted by Crippen LogP contribution is 2.33. The zero-order valence-corrected chi connectivity index (χ0v) is 13.9. The van der Waals surface area contributed by atoms with E-state index in [0.717, 1.165) is 5.69 Å². The first-order valence-electron chi connectivity index (χ1n) is 6.49.